The molecule has 1 atom stereocenters. The van der Waals surface area contributed by atoms with Crippen LogP contribution in [-0.4, -0.2) is 23.0 Å². The fourth-order valence-corrected chi connectivity index (χ4v) is 3.49. The molecule has 2 N–H and O–H groups in total. The molecule has 122 valence electrons. The molecular formula is C18H33NO2. The number of aliphatic hydroxyl groups is 1. The summed E-state index contributed by atoms with van der Waals surface area (Å²) in [7, 11) is 0. The summed E-state index contributed by atoms with van der Waals surface area (Å²) in [6.07, 6.45) is 4.18. The SMILES string of the molecule is CCCCN/C(CC(C)C)=C1\C(=O)CC(C)(C)CC1(C)O. The van der Waals surface area contributed by atoms with Gasteiger partial charge in [-0.15, -0.1) is 0 Å². The molecule has 0 saturated heterocycles. The maximum absolute atomic E-state index is 12.6. The summed E-state index contributed by atoms with van der Waals surface area (Å²) < 4.78 is 0. The number of hydrogen-bond acceptors (Lipinski definition) is 3. The smallest absolute Gasteiger partial charge is 0.164 e. The molecule has 0 radical (unpaired) electrons. The van der Waals surface area contributed by atoms with Crippen molar-refractivity contribution in [3.63, 3.8) is 0 Å². The van der Waals surface area contributed by atoms with E-state index in [1.807, 2.05) is 0 Å². The first-order valence-electron chi connectivity index (χ1n) is 8.32. The molecule has 0 bridgehead atoms. The van der Waals surface area contributed by atoms with E-state index in [4.69, 9.17) is 0 Å². The Morgan fingerprint density at radius 3 is 2.43 bits per heavy atom. The van der Waals surface area contributed by atoms with Gasteiger partial charge in [-0.05, 0) is 37.5 Å². The van der Waals surface area contributed by atoms with Gasteiger partial charge in [0, 0.05) is 24.2 Å². The number of allylic oxidation sites excluding steroid dienone is 1. The molecule has 1 aliphatic carbocycles. The second-order valence-electron chi connectivity index (χ2n) is 7.95. The van der Waals surface area contributed by atoms with Gasteiger partial charge in [-0.3, -0.25) is 4.79 Å². The van der Waals surface area contributed by atoms with Crippen LogP contribution in [0.5, 0.6) is 0 Å². The van der Waals surface area contributed by atoms with E-state index in [0.717, 1.165) is 31.5 Å². The van der Waals surface area contributed by atoms with Crippen molar-refractivity contribution in [3.05, 3.63) is 11.3 Å². The lowest BCUT2D eigenvalue weighted by Crippen LogP contribution is -2.45. The molecule has 3 heteroatoms. The largest absolute Gasteiger partial charge is 0.388 e. The molecule has 21 heavy (non-hydrogen) atoms. The highest BCUT2D eigenvalue weighted by Gasteiger charge is 2.44. The lowest BCUT2D eigenvalue weighted by molar-refractivity contribution is -0.124. The second kappa shape index (κ2) is 6.95. The van der Waals surface area contributed by atoms with Crippen LogP contribution in [0.15, 0.2) is 11.3 Å². The van der Waals surface area contributed by atoms with Gasteiger partial charge >= 0.3 is 0 Å². The van der Waals surface area contributed by atoms with E-state index in [-0.39, 0.29) is 11.2 Å². The van der Waals surface area contributed by atoms with E-state index in [0.29, 0.717) is 24.3 Å². The number of rotatable bonds is 6. The Labute approximate surface area is 130 Å². The van der Waals surface area contributed by atoms with Crippen molar-refractivity contribution in [2.24, 2.45) is 11.3 Å². The molecule has 0 spiro atoms. The van der Waals surface area contributed by atoms with Crippen LogP contribution in [0.2, 0.25) is 0 Å². The highest BCUT2D eigenvalue weighted by molar-refractivity contribution is 5.99. The Hall–Kier alpha value is -0.830. The first-order valence-corrected chi connectivity index (χ1v) is 8.32. The Morgan fingerprint density at radius 2 is 1.95 bits per heavy atom. The molecule has 1 rings (SSSR count). The van der Waals surface area contributed by atoms with Crippen LogP contribution in [0, 0.1) is 11.3 Å². The number of carbonyl (C=O) groups is 1. The normalized spacial score (nSPS) is 27.9. The molecular weight excluding hydrogens is 262 g/mol. The highest BCUT2D eigenvalue weighted by Crippen LogP contribution is 2.43. The molecule has 0 aromatic rings. The minimum absolute atomic E-state index is 0.107. The van der Waals surface area contributed by atoms with Crippen molar-refractivity contribution in [3.8, 4) is 0 Å². The third-order valence-corrected chi connectivity index (χ3v) is 4.06. The third-order valence-electron chi connectivity index (χ3n) is 4.06. The molecule has 1 fully saturated rings. The van der Waals surface area contributed by atoms with Gasteiger partial charge < -0.3 is 10.4 Å². The van der Waals surface area contributed by atoms with Crippen molar-refractivity contribution in [1.82, 2.24) is 5.32 Å². The molecule has 1 aliphatic rings. The topological polar surface area (TPSA) is 49.3 Å². The zero-order valence-electron chi connectivity index (χ0n) is 14.7. The standard InChI is InChI=1S/C18H33NO2/c1-7-8-9-19-14(10-13(2)3)16-15(20)11-17(4,5)12-18(16,6)21/h13,19,21H,7-12H2,1-6H3/b16-14+. The molecule has 1 unspecified atom stereocenters. The molecule has 0 aromatic carbocycles. The number of nitrogens with one attached hydrogen (secondary N) is 1. The van der Waals surface area contributed by atoms with E-state index < -0.39 is 5.60 Å². The summed E-state index contributed by atoms with van der Waals surface area (Å²) in [5.74, 6) is 0.566. The molecule has 0 aliphatic heterocycles. The van der Waals surface area contributed by atoms with Gasteiger partial charge in [0.15, 0.2) is 5.78 Å². The maximum Gasteiger partial charge on any atom is 0.164 e. The minimum atomic E-state index is -1.03. The molecule has 0 amide bonds. The quantitative estimate of drug-likeness (QED) is 0.578. The number of unbranched alkanes of at least 4 members (excludes halogenated alkanes) is 1. The minimum Gasteiger partial charge on any atom is -0.388 e. The molecule has 0 heterocycles. The maximum atomic E-state index is 12.6. The van der Waals surface area contributed by atoms with Crippen LogP contribution in [0.4, 0.5) is 0 Å². The van der Waals surface area contributed by atoms with Crippen molar-refractivity contribution in [2.45, 2.75) is 79.2 Å². The van der Waals surface area contributed by atoms with Crippen LogP contribution in [-0.2, 0) is 4.79 Å². The van der Waals surface area contributed by atoms with Gasteiger partial charge in [-0.2, -0.15) is 0 Å². The second-order valence-corrected chi connectivity index (χ2v) is 7.95. The van der Waals surface area contributed by atoms with Crippen molar-refractivity contribution in [1.29, 1.82) is 0 Å². The number of carbonyl (C=O) groups excluding carboxylic acids is 1. The molecule has 1 saturated carbocycles. The lowest BCUT2D eigenvalue weighted by atomic mass is 9.66. The first-order chi connectivity index (χ1) is 9.59. The van der Waals surface area contributed by atoms with E-state index in [9.17, 15) is 9.90 Å². The lowest BCUT2D eigenvalue weighted by Gasteiger charge is -2.41. The number of ketones is 1. The number of hydrogen-bond donors (Lipinski definition) is 2. The summed E-state index contributed by atoms with van der Waals surface area (Å²) in [6, 6.07) is 0. The van der Waals surface area contributed by atoms with E-state index in [1.54, 1.807) is 6.92 Å². The zero-order valence-corrected chi connectivity index (χ0v) is 14.7. The first kappa shape index (κ1) is 18.2. The predicted molar refractivity (Wildman–Crippen MR) is 88.0 cm³/mol. The van der Waals surface area contributed by atoms with E-state index in [1.165, 1.54) is 0 Å². The number of Topliss-reactive ketones (excluding diaryl/α,β-unsaturated/α-hetero) is 1. The Kier molecular flexibility index (Phi) is 6.03. The molecule has 3 nitrogen and oxygen atoms in total. The van der Waals surface area contributed by atoms with Crippen molar-refractivity contribution in [2.75, 3.05) is 6.54 Å². The predicted octanol–water partition coefficient (Wildman–Crippen LogP) is 3.82. The van der Waals surface area contributed by atoms with E-state index in [2.05, 4.69) is 39.9 Å². The average molecular weight is 295 g/mol. The summed E-state index contributed by atoms with van der Waals surface area (Å²) in [5, 5.41) is 14.3. The average Bonchev–Trinajstić information content (AvgIpc) is 2.23. The molecule has 0 aromatic heterocycles. The van der Waals surface area contributed by atoms with Gasteiger partial charge in [0.05, 0.1) is 5.60 Å². The summed E-state index contributed by atoms with van der Waals surface area (Å²) in [5.41, 5.74) is 0.439. The summed E-state index contributed by atoms with van der Waals surface area (Å²) in [4.78, 5) is 12.6. The van der Waals surface area contributed by atoms with Gasteiger partial charge in [0.1, 0.15) is 0 Å². The van der Waals surface area contributed by atoms with Gasteiger partial charge in [0.2, 0.25) is 0 Å². The Bertz CT molecular complexity index is 405. The highest BCUT2D eigenvalue weighted by atomic mass is 16.3. The monoisotopic (exact) mass is 295 g/mol. The Morgan fingerprint density at radius 1 is 1.33 bits per heavy atom. The summed E-state index contributed by atoms with van der Waals surface area (Å²) in [6.45, 7) is 13.2. The van der Waals surface area contributed by atoms with E-state index >= 15 is 0 Å². The van der Waals surface area contributed by atoms with Crippen LogP contribution < -0.4 is 5.32 Å². The van der Waals surface area contributed by atoms with Gasteiger partial charge in [0.25, 0.3) is 0 Å². The van der Waals surface area contributed by atoms with Crippen LogP contribution >= 0.6 is 0 Å². The van der Waals surface area contributed by atoms with Crippen molar-refractivity contribution < 1.29 is 9.90 Å². The third kappa shape index (κ3) is 5.14. The van der Waals surface area contributed by atoms with Crippen LogP contribution in [0.3, 0.4) is 0 Å². The summed E-state index contributed by atoms with van der Waals surface area (Å²) >= 11 is 0. The van der Waals surface area contributed by atoms with Crippen molar-refractivity contribution >= 4 is 5.78 Å². The fraction of sp³-hybridized carbons (Fsp3) is 0.833. The fourth-order valence-electron chi connectivity index (χ4n) is 3.49. The van der Waals surface area contributed by atoms with Crippen LogP contribution in [0.1, 0.15) is 73.6 Å². The van der Waals surface area contributed by atoms with Gasteiger partial charge in [-0.25, -0.2) is 0 Å². The van der Waals surface area contributed by atoms with Crippen LogP contribution in [0.25, 0.3) is 0 Å². The Balaban J connectivity index is 3.12. The van der Waals surface area contributed by atoms with Gasteiger partial charge in [-0.1, -0.05) is 41.0 Å². The zero-order chi connectivity index (χ0) is 16.3.